The monoisotopic (exact) mass is 493 g/mol. The number of fused-ring (bicyclic) bond motifs is 1. The molecular formula is C23H31N3O5S2. The van der Waals surface area contributed by atoms with Crippen LogP contribution in [0.1, 0.15) is 22.3 Å². The molecule has 180 valence electrons. The van der Waals surface area contributed by atoms with Crippen molar-refractivity contribution in [3.05, 3.63) is 62.3 Å². The van der Waals surface area contributed by atoms with Gasteiger partial charge < -0.3 is 20.1 Å². The Morgan fingerprint density at radius 1 is 1.03 bits per heavy atom. The van der Waals surface area contributed by atoms with E-state index < -0.39 is 10.0 Å². The number of hydrogen-bond donors (Lipinski definition) is 4. The number of aryl methyl sites for hydroxylation is 2. The van der Waals surface area contributed by atoms with Crippen molar-refractivity contribution in [1.82, 2.24) is 15.0 Å². The smallest absolute Gasteiger partial charge is 0.305 e. The van der Waals surface area contributed by atoms with E-state index in [9.17, 15) is 18.3 Å². The molecule has 0 fully saturated rings. The lowest BCUT2D eigenvalue weighted by Gasteiger charge is -2.09. The first-order valence-corrected chi connectivity index (χ1v) is 13.4. The highest BCUT2D eigenvalue weighted by Gasteiger charge is 2.11. The fraction of sp³-hybridized carbons (Fsp3) is 0.435. The second-order valence-electron chi connectivity index (χ2n) is 8.03. The average Bonchev–Trinajstić information content (AvgIpc) is 3.13. The summed E-state index contributed by atoms with van der Waals surface area (Å²) in [4.78, 5) is 14.0. The molecule has 0 aliphatic heterocycles. The van der Waals surface area contributed by atoms with Gasteiger partial charge in [-0.05, 0) is 50.4 Å². The van der Waals surface area contributed by atoms with E-state index >= 15 is 0 Å². The van der Waals surface area contributed by atoms with Crippen molar-refractivity contribution in [2.45, 2.75) is 26.7 Å². The van der Waals surface area contributed by atoms with Gasteiger partial charge in [0, 0.05) is 13.1 Å². The van der Waals surface area contributed by atoms with Gasteiger partial charge in [0.1, 0.15) is 11.3 Å². The minimum absolute atomic E-state index is 0.0590. The van der Waals surface area contributed by atoms with Crippen molar-refractivity contribution < 1.29 is 18.3 Å². The zero-order valence-corrected chi connectivity index (χ0v) is 20.6. The van der Waals surface area contributed by atoms with Gasteiger partial charge in [-0.2, -0.15) is 0 Å². The molecule has 3 aromatic rings. The number of ether oxygens (including phenoxy) is 1. The van der Waals surface area contributed by atoms with E-state index in [2.05, 4.69) is 47.1 Å². The molecule has 4 N–H and O–H groups in total. The number of phenolic OH excluding ortho intramolecular Hbond substituents is 1. The number of thiazole rings is 1. The second-order valence-corrected chi connectivity index (χ2v) is 10.9. The minimum atomic E-state index is -3.39. The molecule has 0 amide bonds. The van der Waals surface area contributed by atoms with E-state index in [1.165, 1.54) is 16.7 Å². The lowest BCUT2D eigenvalue weighted by Crippen LogP contribution is -2.35. The number of rotatable bonds is 13. The Hall–Kier alpha value is -2.24. The number of hydrogen-bond acceptors (Lipinski definition) is 7. The molecule has 0 saturated heterocycles. The molecule has 1 heterocycles. The first-order chi connectivity index (χ1) is 15.7. The fourth-order valence-corrected chi connectivity index (χ4v) is 5.45. The van der Waals surface area contributed by atoms with E-state index in [0.29, 0.717) is 31.6 Å². The van der Waals surface area contributed by atoms with Crippen molar-refractivity contribution in [1.29, 1.82) is 0 Å². The summed E-state index contributed by atoms with van der Waals surface area (Å²) in [5, 5.41) is 13.0. The lowest BCUT2D eigenvalue weighted by atomic mass is 10.1. The second kappa shape index (κ2) is 11.8. The molecule has 0 aliphatic rings. The largest absolute Gasteiger partial charge is 0.506 e. The number of nitrogens with one attached hydrogen (secondary N) is 3. The molecule has 0 aliphatic carbocycles. The molecule has 10 heteroatoms. The molecule has 0 spiro atoms. The van der Waals surface area contributed by atoms with Crippen LogP contribution in [0.15, 0.2) is 35.1 Å². The molecule has 0 atom stereocenters. The van der Waals surface area contributed by atoms with E-state index in [0.717, 1.165) is 28.0 Å². The van der Waals surface area contributed by atoms with Gasteiger partial charge in [0.05, 0.1) is 23.7 Å². The molecule has 3 rings (SSSR count). The van der Waals surface area contributed by atoms with Crippen LogP contribution < -0.4 is 14.9 Å². The van der Waals surface area contributed by atoms with Crippen LogP contribution in [0.5, 0.6) is 5.75 Å². The highest BCUT2D eigenvalue weighted by atomic mass is 32.2. The van der Waals surface area contributed by atoms with Gasteiger partial charge in [-0.3, -0.25) is 4.79 Å². The van der Waals surface area contributed by atoms with Crippen molar-refractivity contribution in [2.75, 3.05) is 38.6 Å². The number of aromatic hydroxyl groups is 1. The molecular weight excluding hydrogens is 462 g/mol. The number of phenols is 1. The number of aromatic amines is 1. The van der Waals surface area contributed by atoms with Gasteiger partial charge in [0.2, 0.25) is 10.0 Å². The van der Waals surface area contributed by atoms with Crippen molar-refractivity contribution in [3.8, 4) is 5.75 Å². The maximum absolute atomic E-state index is 12.1. The Morgan fingerprint density at radius 2 is 1.79 bits per heavy atom. The number of sulfonamides is 1. The Morgan fingerprint density at radius 3 is 2.55 bits per heavy atom. The SMILES string of the molecule is Cc1cc(C)cc(CCOCCS(=O)(=O)NCCNCCc2ccc(O)c3[nH]c(=O)sc23)c1. The summed E-state index contributed by atoms with van der Waals surface area (Å²) in [6, 6.07) is 9.72. The Labute approximate surface area is 198 Å². The van der Waals surface area contributed by atoms with Crippen LogP contribution in [-0.4, -0.2) is 57.1 Å². The number of H-pyrrole nitrogens is 1. The molecule has 0 radical (unpaired) electrons. The first-order valence-electron chi connectivity index (χ1n) is 10.9. The lowest BCUT2D eigenvalue weighted by molar-refractivity contribution is 0.152. The third kappa shape index (κ3) is 7.94. The molecule has 1 aromatic heterocycles. The summed E-state index contributed by atoms with van der Waals surface area (Å²) in [6.07, 6.45) is 1.42. The first kappa shape index (κ1) is 25.4. The van der Waals surface area contributed by atoms with Gasteiger partial charge in [0.25, 0.3) is 0 Å². The van der Waals surface area contributed by atoms with E-state index in [-0.39, 0.29) is 29.5 Å². The van der Waals surface area contributed by atoms with E-state index in [1.54, 1.807) is 12.1 Å². The van der Waals surface area contributed by atoms with Crippen molar-refractivity contribution >= 4 is 31.6 Å². The van der Waals surface area contributed by atoms with Gasteiger partial charge in [-0.25, -0.2) is 13.1 Å². The zero-order valence-electron chi connectivity index (χ0n) is 18.9. The standard InChI is InChI=1S/C23H31N3O5S2/c1-16-13-17(2)15-18(14-16)6-10-31-11-12-33(29,30)25-9-8-24-7-5-19-3-4-20(27)21-22(19)32-23(28)26-21/h3-4,13-15,24-25,27H,5-12H2,1-2H3,(H,26,28). The topological polar surface area (TPSA) is 121 Å². The fourth-order valence-electron chi connectivity index (χ4n) is 3.66. The van der Waals surface area contributed by atoms with Crippen LogP contribution in [0.4, 0.5) is 0 Å². The van der Waals surface area contributed by atoms with Crippen LogP contribution in [0, 0.1) is 13.8 Å². The van der Waals surface area contributed by atoms with Crippen LogP contribution in [-0.2, 0) is 27.6 Å². The summed E-state index contributed by atoms with van der Waals surface area (Å²) in [7, 11) is -3.39. The number of aromatic nitrogens is 1. The third-order valence-corrected chi connectivity index (χ3v) is 7.45. The third-order valence-electron chi connectivity index (χ3n) is 5.15. The molecule has 0 unspecified atom stereocenters. The molecule has 0 bridgehead atoms. The summed E-state index contributed by atoms with van der Waals surface area (Å²) < 4.78 is 33.1. The van der Waals surface area contributed by atoms with E-state index in [1.807, 2.05) is 0 Å². The average molecular weight is 494 g/mol. The summed E-state index contributed by atoms with van der Waals surface area (Å²) in [6.45, 7) is 6.15. The maximum atomic E-state index is 12.1. The normalized spacial score (nSPS) is 11.9. The molecule has 2 aromatic carbocycles. The van der Waals surface area contributed by atoms with E-state index in [4.69, 9.17) is 4.74 Å². The Bertz CT molecular complexity index is 1210. The predicted molar refractivity (Wildman–Crippen MR) is 133 cm³/mol. The van der Waals surface area contributed by atoms with Crippen LogP contribution in [0.25, 0.3) is 10.2 Å². The van der Waals surface area contributed by atoms with Gasteiger partial charge in [0.15, 0.2) is 0 Å². The molecule has 0 saturated carbocycles. The van der Waals surface area contributed by atoms with Gasteiger partial charge in [-0.15, -0.1) is 0 Å². The summed E-state index contributed by atoms with van der Waals surface area (Å²) in [5.74, 6) is -0.0127. The Kier molecular flexibility index (Phi) is 9.04. The van der Waals surface area contributed by atoms with Crippen LogP contribution in [0.3, 0.4) is 0 Å². The number of benzene rings is 2. The summed E-state index contributed by atoms with van der Waals surface area (Å²) >= 11 is 1.07. The maximum Gasteiger partial charge on any atom is 0.305 e. The van der Waals surface area contributed by atoms with Gasteiger partial charge in [-0.1, -0.05) is 46.7 Å². The highest BCUT2D eigenvalue weighted by molar-refractivity contribution is 7.89. The highest BCUT2D eigenvalue weighted by Crippen LogP contribution is 2.27. The zero-order chi connectivity index (χ0) is 23.8. The minimum Gasteiger partial charge on any atom is -0.506 e. The van der Waals surface area contributed by atoms with Crippen molar-refractivity contribution in [3.63, 3.8) is 0 Å². The van der Waals surface area contributed by atoms with Crippen LogP contribution in [0.2, 0.25) is 0 Å². The quantitative estimate of drug-likeness (QED) is 0.271. The van der Waals surface area contributed by atoms with Crippen LogP contribution >= 0.6 is 11.3 Å². The van der Waals surface area contributed by atoms with Crippen molar-refractivity contribution in [2.24, 2.45) is 0 Å². The predicted octanol–water partition coefficient (Wildman–Crippen LogP) is 2.22. The molecule has 33 heavy (non-hydrogen) atoms. The molecule has 8 nitrogen and oxygen atoms in total. The van der Waals surface area contributed by atoms with Gasteiger partial charge >= 0.3 is 4.87 Å². The summed E-state index contributed by atoms with van der Waals surface area (Å²) in [5.41, 5.74) is 5.04. The Balaban J connectivity index is 1.29.